The van der Waals surface area contributed by atoms with E-state index in [-0.39, 0.29) is 5.56 Å². The summed E-state index contributed by atoms with van der Waals surface area (Å²) in [5, 5.41) is 4.09. The lowest BCUT2D eigenvalue weighted by Gasteiger charge is -2.06. The monoisotopic (exact) mass is 376 g/mol. The Morgan fingerprint density at radius 1 is 1.07 bits per heavy atom. The Morgan fingerprint density at radius 3 is 2.61 bits per heavy atom. The molecule has 28 heavy (non-hydrogen) atoms. The Balaban J connectivity index is 1.55. The molecule has 7 heteroatoms. The summed E-state index contributed by atoms with van der Waals surface area (Å²) in [4.78, 5) is 20.9. The average molecular weight is 376 g/mol. The van der Waals surface area contributed by atoms with E-state index in [1.54, 1.807) is 25.6 Å². The van der Waals surface area contributed by atoms with Crippen molar-refractivity contribution in [3.63, 3.8) is 0 Å². The molecule has 0 aliphatic rings. The van der Waals surface area contributed by atoms with Crippen molar-refractivity contribution in [1.29, 1.82) is 0 Å². The number of methoxy groups -OCH3 is 1. The highest BCUT2D eigenvalue weighted by molar-refractivity contribution is 5.80. The van der Waals surface area contributed by atoms with Crippen molar-refractivity contribution < 1.29 is 9.26 Å². The van der Waals surface area contributed by atoms with E-state index in [9.17, 15) is 4.79 Å². The molecule has 0 amide bonds. The van der Waals surface area contributed by atoms with Crippen LogP contribution in [0.4, 0.5) is 0 Å². The number of nitrogens with zero attached hydrogens (tertiary/aromatic N) is 4. The van der Waals surface area contributed by atoms with E-state index in [1.807, 2.05) is 42.5 Å². The van der Waals surface area contributed by atoms with Crippen LogP contribution in [0, 0.1) is 6.92 Å². The Kier molecular flexibility index (Phi) is 4.65. The van der Waals surface area contributed by atoms with Crippen LogP contribution in [0.25, 0.3) is 22.4 Å². The van der Waals surface area contributed by atoms with Gasteiger partial charge in [-0.05, 0) is 49.2 Å². The molecule has 0 saturated heterocycles. The molecule has 0 radical (unpaired) electrons. The second-order valence-electron chi connectivity index (χ2n) is 6.62. The van der Waals surface area contributed by atoms with Gasteiger partial charge in [0.05, 0.1) is 18.1 Å². The minimum atomic E-state index is -0.0966. The zero-order chi connectivity index (χ0) is 19.7. The Bertz CT molecular complexity index is 1190. The normalized spacial score (nSPS) is 11.1. The van der Waals surface area contributed by atoms with Gasteiger partial charge in [0.2, 0.25) is 11.7 Å². The lowest BCUT2D eigenvalue weighted by molar-refractivity contribution is 0.379. The molecule has 0 unspecified atom stereocenters. The first-order chi connectivity index (χ1) is 13.5. The van der Waals surface area contributed by atoms with Gasteiger partial charge in [0, 0.05) is 19.0 Å². The molecule has 0 atom stereocenters. The van der Waals surface area contributed by atoms with Crippen LogP contribution in [-0.2, 0) is 19.9 Å². The van der Waals surface area contributed by atoms with Gasteiger partial charge in [-0.25, -0.2) is 4.98 Å². The molecular formula is C21H20N4O3. The Morgan fingerprint density at radius 2 is 1.86 bits per heavy atom. The summed E-state index contributed by atoms with van der Waals surface area (Å²) in [7, 11) is 3.39. The predicted molar refractivity (Wildman–Crippen MR) is 105 cm³/mol. The number of rotatable bonds is 5. The average Bonchev–Trinajstić information content (AvgIpc) is 3.20. The molecule has 2 aromatic carbocycles. The highest BCUT2D eigenvalue weighted by Crippen LogP contribution is 2.21. The summed E-state index contributed by atoms with van der Waals surface area (Å²) < 4.78 is 12.2. The van der Waals surface area contributed by atoms with Crippen molar-refractivity contribution in [1.82, 2.24) is 19.7 Å². The van der Waals surface area contributed by atoms with Crippen molar-refractivity contribution in [2.75, 3.05) is 7.11 Å². The van der Waals surface area contributed by atoms with Gasteiger partial charge in [0.1, 0.15) is 11.4 Å². The number of hydrogen-bond acceptors (Lipinski definition) is 6. The molecule has 0 bridgehead atoms. The molecular weight excluding hydrogens is 356 g/mol. The first-order valence-corrected chi connectivity index (χ1v) is 8.98. The van der Waals surface area contributed by atoms with Gasteiger partial charge in [-0.2, -0.15) is 4.98 Å². The van der Waals surface area contributed by atoms with Crippen LogP contribution < -0.4 is 10.3 Å². The smallest absolute Gasteiger partial charge is 0.272 e. The number of fused-ring (bicyclic) bond motifs is 1. The van der Waals surface area contributed by atoms with Gasteiger partial charge in [-0.3, -0.25) is 4.79 Å². The quantitative estimate of drug-likeness (QED) is 0.532. The largest absolute Gasteiger partial charge is 0.497 e. The molecule has 4 aromatic rings. The summed E-state index contributed by atoms with van der Waals surface area (Å²) >= 11 is 0. The lowest BCUT2D eigenvalue weighted by atomic mass is 10.1. The highest BCUT2D eigenvalue weighted by atomic mass is 16.5. The molecule has 0 spiro atoms. The van der Waals surface area contributed by atoms with Gasteiger partial charge in [-0.1, -0.05) is 17.3 Å². The maximum atomic E-state index is 12.0. The predicted octanol–water partition coefficient (Wildman–Crippen LogP) is 3.09. The topological polar surface area (TPSA) is 83.0 Å². The van der Waals surface area contributed by atoms with Gasteiger partial charge in [0.15, 0.2) is 0 Å². The minimum absolute atomic E-state index is 0.0966. The molecule has 7 nitrogen and oxygen atoms in total. The van der Waals surface area contributed by atoms with Crippen molar-refractivity contribution in [3.8, 4) is 17.1 Å². The first-order valence-electron chi connectivity index (χ1n) is 8.98. The van der Waals surface area contributed by atoms with E-state index in [1.165, 1.54) is 5.56 Å². The van der Waals surface area contributed by atoms with Crippen LogP contribution in [0.15, 0.2) is 51.8 Å². The number of hydrogen-bond donors (Lipinski definition) is 0. The van der Waals surface area contributed by atoms with Crippen LogP contribution in [0.5, 0.6) is 5.75 Å². The molecule has 0 saturated carbocycles. The van der Waals surface area contributed by atoms with E-state index in [0.717, 1.165) is 28.8 Å². The molecule has 0 aliphatic heterocycles. The van der Waals surface area contributed by atoms with Crippen LogP contribution in [-0.4, -0.2) is 26.8 Å². The summed E-state index contributed by atoms with van der Waals surface area (Å²) in [6.45, 7) is 1.71. The maximum absolute atomic E-state index is 12.0. The third-order valence-corrected chi connectivity index (χ3v) is 4.75. The fourth-order valence-electron chi connectivity index (χ4n) is 3.13. The standard InChI is InChI=1S/C21H20N4O3/c1-13-21(26)25(2)18-10-7-15(12-17(18)22-13)20-23-19(28-24-20)11-6-14-4-8-16(27-3)9-5-14/h4-5,7-10,12H,6,11H2,1-3H3. The maximum Gasteiger partial charge on any atom is 0.272 e. The van der Waals surface area contributed by atoms with E-state index >= 15 is 0 Å². The first kappa shape index (κ1) is 17.9. The zero-order valence-electron chi connectivity index (χ0n) is 16.0. The van der Waals surface area contributed by atoms with Crippen LogP contribution in [0.1, 0.15) is 17.1 Å². The Hall–Kier alpha value is -3.48. The summed E-state index contributed by atoms with van der Waals surface area (Å²) in [5.41, 5.74) is 3.83. The van der Waals surface area contributed by atoms with Gasteiger partial charge >= 0.3 is 0 Å². The van der Waals surface area contributed by atoms with Crippen molar-refractivity contribution >= 4 is 11.0 Å². The van der Waals surface area contributed by atoms with Crippen molar-refractivity contribution in [3.05, 3.63) is 70.0 Å². The molecule has 2 aromatic heterocycles. The highest BCUT2D eigenvalue weighted by Gasteiger charge is 2.12. The van der Waals surface area contributed by atoms with E-state index in [2.05, 4.69) is 15.1 Å². The third-order valence-electron chi connectivity index (χ3n) is 4.75. The van der Waals surface area contributed by atoms with E-state index in [0.29, 0.717) is 23.8 Å². The number of aryl methyl sites for hydroxylation is 4. The summed E-state index contributed by atoms with van der Waals surface area (Å²) in [6, 6.07) is 13.5. The Labute approximate surface area is 161 Å². The molecule has 4 rings (SSSR count). The summed E-state index contributed by atoms with van der Waals surface area (Å²) in [6.07, 6.45) is 1.45. The minimum Gasteiger partial charge on any atom is -0.497 e. The molecule has 0 fully saturated rings. The number of ether oxygens (including phenoxy) is 1. The fraction of sp³-hybridized carbons (Fsp3) is 0.238. The van der Waals surface area contributed by atoms with Crippen molar-refractivity contribution in [2.45, 2.75) is 19.8 Å². The summed E-state index contributed by atoms with van der Waals surface area (Å²) in [5.74, 6) is 1.93. The van der Waals surface area contributed by atoms with E-state index in [4.69, 9.17) is 9.26 Å². The zero-order valence-corrected chi connectivity index (χ0v) is 16.0. The second kappa shape index (κ2) is 7.26. The molecule has 0 aliphatic carbocycles. The second-order valence-corrected chi connectivity index (χ2v) is 6.62. The SMILES string of the molecule is COc1ccc(CCc2nc(-c3ccc4c(c3)nc(C)c(=O)n4C)no2)cc1. The molecule has 0 N–H and O–H groups in total. The fourth-order valence-corrected chi connectivity index (χ4v) is 3.13. The number of benzene rings is 2. The van der Waals surface area contributed by atoms with Crippen LogP contribution in [0.3, 0.4) is 0 Å². The van der Waals surface area contributed by atoms with Crippen LogP contribution in [0.2, 0.25) is 0 Å². The third kappa shape index (κ3) is 3.38. The lowest BCUT2D eigenvalue weighted by Crippen LogP contribution is -2.21. The molecule has 142 valence electrons. The van der Waals surface area contributed by atoms with Crippen LogP contribution >= 0.6 is 0 Å². The van der Waals surface area contributed by atoms with E-state index < -0.39 is 0 Å². The molecule has 2 heterocycles. The van der Waals surface area contributed by atoms with Gasteiger partial charge in [0.25, 0.3) is 5.56 Å². The van der Waals surface area contributed by atoms with Gasteiger partial charge in [-0.15, -0.1) is 0 Å². The van der Waals surface area contributed by atoms with Crippen molar-refractivity contribution in [2.24, 2.45) is 7.05 Å². The van der Waals surface area contributed by atoms with Gasteiger partial charge < -0.3 is 13.8 Å². The number of aromatic nitrogens is 4.